The molecule has 0 heterocycles. The largest absolute Gasteiger partial charge is 0.475 e. The van der Waals surface area contributed by atoms with Crippen molar-refractivity contribution in [3.05, 3.63) is 69.8 Å². The number of ether oxygens (including phenoxy) is 1. The van der Waals surface area contributed by atoms with Gasteiger partial charge in [0.15, 0.2) is 11.9 Å². The molecule has 0 aromatic heterocycles. The molecule has 0 bridgehead atoms. The number of nitrogens with zero attached hydrogens (tertiary/aromatic N) is 1. The number of aryl methyl sites for hydroxylation is 1. The van der Waals surface area contributed by atoms with E-state index in [2.05, 4.69) is 0 Å². The monoisotopic (exact) mass is 285 g/mol. The van der Waals surface area contributed by atoms with Crippen molar-refractivity contribution < 1.29 is 14.5 Å². The number of nitro benzene ring substituents is 1. The van der Waals surface area contributed by atoms with E-state index in [0.717, 1.165) is 5.56 Å². The molecule has 0 saturated carbocycles. The van der Waals surface area contributed by atoms with E-state index in [1.165, 1.54) is 12.1 Å². The Kier molecular flexibility index (Phi) is 4.33. The van der Waals surface area contributed by atoms with E-state index in [1.807, 2.05) is 19.1 Å². The number of rotatable bonds is 5. The van der Waals surface area contributed by atoms with Gasteiger partial charge in [-0.15, -0.1) is 0 Å². The molecule has 5 nitrogen and oxygen atoms in total. The van der Waals surface area contributed by atoms with E-state index < -0.39 is 11.0 Å². The van der Waals surface area contributed by atoms with Crippen LogP contribution in [0.1, 0.15) is 22.8 Å². The Bertz CT molecular complexity index is 664. The lowest BCUT2D eigenvalue weighted by molar-refractivity contribution is -0.386. The summed E-state index contributed by atoms with van der Waals surface area (Å²) in [6.07, 6.45) is -0.797. The van der Waals surface area contributed by atoms with Crippen molar-refractivity contribution in [2.24, 2.45) is 0 Å². The van der Waals surface area contributed by atoms with Crippen molar-refractivity contribution in [2.75, 3.05) is 0 Å². The number of Topliss-reactive ketones (excluding diaryl/α,β-unsaturated/α-hetero) is 1. The first-order chi connectivity index (χ1) is 9.99. The first-order valence-electron chi connectivity index (χ1n) is 6.50. The lowest BCUT2D eigenvalue weighted by Crippen LogP contribution is -2.24. The highest BCUT2D eigenvalue weighted by Gasteiger charge is 2.21. The molecule has 0 spiro atoms. The van der Waals surface area contributed by atoms with Crippen molar-refractivity contribution in [2.45, 2.75) is 20.0 Å². The Morgan fingerprint density at radius 2 is 1.76 bits per heavy atom. The van der Waals surface area contributed by atoms with Crippen LogP contribution < -0.4 is 4.74 Å². The maximum Gasteiger partial charge on any atom is 0.310 e. The Labute approximate surface area is 122 Å². The highest BCUT2D eigenvalue weighted by Crippen LogP contribution is 2.27. The predicted molar refractivity (Wildman–Crippen MR) is 78.7 cm³/mol. The molecule has 5 heteroatoms. The minimum absolute atomic E-state index is 0.0930. The maximum atomic E-state index is 12.2. The molecule has 0 aliphatic heterocycles. The fourth-order valence-electron chi connectivity index (χ4n) is 1.90. The molecule has 21 heavy (non-hydrogen) atoms. The molecule has 0 saturated heterocycles. The second kappa shape index (κ2) is 6.17. The van der Waals surface area contributed by atoms with Crippen molar-refractivity contribution in [1.29, 1.82) is 0 Å². The summed E-state index contributed by atoms with van der Waals surface area (Å²) >= 11 is 0. The van der Waals surface area contributed by atoms with E-state index in [4.69, 9.17) is 4.74 Å². The SMILES string of the molecule is Cc1ccc(C(=O)[C@H](C)Oc2ccccc2[N+](=O)[O-])cc1. The minimum atomic E-state index is -0.797. The van der Waals surface area contributed by atoms with Crippen LogP contribution >= 0.6 is 0 Å². The van der Waals surface area contributed by atoms with Crippen LogP contribution in [0.5, 0.6) is 5.75 Å². The summed E-state index contributed by atoms with van der Waals surface area (Å²) in [4.78, 5) is 22.6. The number of carbonyl (C=O) groups is 1. The number of ketones is 1. The highest BCUT2D eigenvalue weighted by atomic mass is 16.6. The molecule has 1 atom stereocenters. The van der Waals surface area contributed by atoms with Gasteiger partial charge in [-0.3, -0.25) is 14.9 Å². The molecule has 108 valence electrons. The molecule has 0 N–H and O–H groups in total. The normalized spacial score (nSPS) is 11.7. The summed E-state index contributed by atoms with van der Waals surface area (Å²) in [5.74, 6) is -0.122. The van der Waals surface area contributed by atoms with Gasteiger partial charge in [-0.25, -0.2) is 0 Å². The van der Waals surface area contributed by atoms with Gasteiger partial charge in [-0.2, -0.15) is 0 Å². The second-order valence-corrected chi connectivity index (χ2v) is 4.72. The van der Waals surface area contributed by atoms with Crippen LogP contribution in [0.2, 0.25) is 0 Å². The molecule has 0 amide bonds. The molecule has 0 fully saturated rings. The van der Waals surface area contributed by atoms with Crippen LogP contribution in [0.15, 0.2) is 48.5 Å². The number of carbonyl (C=O) groups excluding carboxylic acids is 1. The van der Waals surface area contributed by atoms with Gasteiger partial charge in [0.25, 0.3) is 0 Å². The Morgan fingerprint density at radius 3 is 2.38 bits per heavy atom. The van der Waals surface area contributed by atoms with Gasteiger partial charge in [0.1, 0.15) is 0 Å². The zero-order valence-corrected chi connectivity index (χ0v) is 11.8. The van der Waals surface area contributed by atoms with E-state index in [1.54, 1.807) is 31.2 Å². The third kappa shape index (κ3) is 3.45. The first kappa shape index (κ1) is 14.7. The van der Waals surface area contributed by atoms with Crippen LogP contribution in [0.3, 0.4) is 0 Å². The van der Waals surface area contributed by atoms with Crippen LogP contribution in [-0.2, 0) is 0 Å². The Hall–Kier alpha value is -2.69. The van der Waals surface area contributed by atoms with Gasteiger partial charge in [0.2, 0.25) is 5.78 Å². The zero-order chi connectivity index (χ0) is 15.4. The maximum absolute atomic E-state index is 12.2. The van der Waals surface area contributed by atoms with Gasteiger partial charge in [0, 0.05) is 11.6 Å². The van der Waals surface area contributed by atoms with Gasteiger partial charge in [-0.1, -0.05) is 42.0 Å². The number of hydrogen-bond donors (Lipinski definition) is 0. The number of nitro groups is 1. The average molecular weight is 285 g/mol. The molecular weight excluding hydrogens is 270 g/mol. The van der Waals surface area contributed by atoms with Gasteiger partial charge < -0.3 is 4.74 Å². The Morgan fingerprint density at radius 1 is 1.14 bits per heavy atom. The molecule has 0 radical (unpaired) electrons. The lowest BCUT2D eigenvalue weighted by Gasteiger charge is -2.13. The topological polar surface area (TPSA) is 69.4 Å². The van der Waals surface area contributed by atoms with Crippen LogP contribution in [0, 0.1) is 17.0 Å². The Balaban J connectivity index is 2.18. The summed E-state index contributed by atoms with van der Waals surface area (Å²) in [6.45, 7) is 3.51. The molecule has 2 aromatic carbocycles. The summed E-state index contributed by atoms with van der Waals surface area (Å²) < 4.78 is 5.46. The molecule has 0 unspecified atom stereocenters. The fraction of sp³-hybridized carbons (Fsp3) is 0.188. The van der Waals surface area contributed by atoms with E-state index >= 15 is 0 Å². The van der Waals surface area contributed by atoms with Crippen molar-refractivity contribution in [1.82, 2.24) is 0 Å². The van der Waals surface area contributed by atoms with Crippen LogP contribution in [0.4, 0.5) is 5.69 Å². The highest BCUT2D eigenvalue weighted by molar-refractivity contribution is 5.99. The third-order valence-corrected chi connectivity index (χ3v) is 3.07. The molecule has 0 aliphatic rings. The molecule has 2 aromatic rings. The van der Waals surface area contributed by atoms with E-state index in [0.29, 0.717) is 5.56 Å². The number of para-hydroxylation sites is 2. The van der Waals surface area contributed by atoms with E-state index in [-0.39, 0.29) is 17.2 Å². The summed E-state index contributed by atoms with van der Waals surface area (Å²) in [5, 5.41) is 10.9. The first-order valence-corrected chi connectivity index (χ1v) is 6.50. The number of hydrogen-bond acceptors (Lipinski definition) is 4. The second-order valence-electron chi connectivity index (χ2n) is 4.72. The van der Waals surface area contributed by atoms with Crippen molar-refractivity contribution in [3.63, 3.8) is 0 Å². The van der Waals surface area contributed by atoms with Gasteiger partial charge in [0.05, 0.1) is 4.92 Å². The van der Waals surface area contributed by atoms with Gasteiger partial charge in [-0.05, 0) is 19.9 Å². The molecule has 2 rings (SSSR count). The summed E-state index contributed by atoms with van der Waals surface area (Å²) in [6, 6.07) is 13.1. The third-order valence-electron chi connectivity index (χ3n) is 3.07. The smallest absolute Gasteiger partial charge is 0.310 e. The zero-order valence-electron chi connectivity index (χ0n) is 11.8. The van der Waals surface area contributed by atoms with Crippen LogP contribution in [-0.4, -0.2) is 16.8 Å². The molecule has 0 aliphatic carbocycles. The van der Waals surface area contributed by atoms with E-state index in [9.17, 15) is 14.9 Å². The summed E-state index contributed by atoms with van der Waals surface area (Å²) in [7, 11) is 0. The predicted octanol–water partition coefficient (Wildman–Crippen LogP) is 3.55. The van der Waals surface area contributed by atoms with Crippen molar-refractivity contribution in [3.8, 4) is 5.75 Å². The number of benzene rings is 2. The minimum Gasteiger partial charge on any atom is -0.475 e. The average Bonchev–Trinajstić information content (AvgIpc) is 2.47. The standard InChI is InChI=1S/C16H15NO4/c1-11-7-9-13(10-8-11)16(18)12(2)21-15-6-4-3-5-14(15)17(19)20/h3-10,12H,1-2H3/t12-/m0/s1. The van der Waals surface area contributed by atoms with Gasteiger partial charge >= 0.3 is 5.69 Å². The quantitative estimate of drug-likeness (QED) is 0.478. The summed E-state index contributed by atoms with van der Waals surface area (Å²) in [5.41, 5.74) is 1.42. The van der Waals surface area contributed by atoms with Crippen LogP contribution in [0.25, 0.3) is 0 Å². The molecular formula is C16H15NO4. The van der Waals surface area contributed by atoms with Crippen molar-refractivity contribution >= 4 is 11.5 Å². The lowest BCUT2D eigenvalue weighted by atomic mass is 10.1. The fourth-order valence-corrected chi connectivity index (χ4v) is 1.90.